The molecule has 1 heterocycles. The molecule has 0 bridgehead atoms. The number of hydrogen-bond donors (Lipinski definition) is 2. The number of fused-ring (bicyclic) bond motifs is 1. The molecular formula is C15H17NO5. The number of hydrogen-bond acceptors (Lipinski definition) is 5. The largest absolute Gasteiger partial charge is 0.494 e. The molecule has 2 rings (SSSR count). The van der Waals surface area contributed by atoms with E-state index in [0.29, 0.717) is 17.7 Å². The minimum absolute atomic E-state index is 0.109. The first kappa shape index (κ1) is 15.1. The van der Waals surface area contributed by atoms with Gasteiger partial charge in [0.2, 0.25) is 0 Å². The molecule has 0 aliphatic carbocycles. The molecule has 0 radical (unpaired) electrons. The van der Waals surface area contributed by atoms with Crippen molar-refractivity contribution in [2.75, 3.05) is 13.2 Å². The summed E-state index contributed by atoms with van der Waals surface area (Å²) >= 11 is 0. The Labute approximate surface area is 121 Å². The number of carbonyl (C=O) groups excluding carboxylic acids is 1. The second kappa shape index (κ2) is 6.41. The number of ether oxygens (including phenoxy) is 1. The molecule has 1 unspecified atom stereocenters. The molecule has 0 aliphatic heterocycles. The molecule has 112 valence electrons. The first-order chi connectivity index (χ1) is 10.0. The molecular weight excluding hydrogens is 274 g/mol. The lowest BCUT2D eigenvalue weighted by Gasteiger charge is -2.09. The Morgan fingerprint density at radius 1 is 1.43 bits per heavy atom. The fourth-order valence-corrected chi connectivity index (χ4v) is 1.92. The summed E-state index contributed by atoms with van der Waals surface area (Å²) in [5.74, 6) is 0.132. The molecule has 2 aromatic rings. The Balaban J connectivity index is 2.43. The van der Waals surface area contributed by atoms with Crippen LogP contribution in [0, 0.1) is 0 Å². The maximum Gasteiger partial charge on any atom is 0.337 e. The van der Waals surface area contributed by atoms with Crippen molar-refractivity contribution in [3.8, 4) is 5.75 Å². The molecule has 0 fully saturated rings. The van der Waals surface area contributed by atoms with Gasteiger partial charge < -0.3 is 19.6 Å². The summed E-state index contributed by atoms with van der Waals surface area (Å²) in [6.07, 6.45) is -0.662. The quantitative estimate of drug-likeness (QED) is 0.811. The number of rotatable bonds is 5. The second-order valence-electron chi connectivity index (χ2n) is 4.63. The van der Waals surface area contributed by atoms with Gasteiger partial charge in [-0.25, -0.2) is 4.79 Å². The van der Waals surface area contributed by atoms with Crippen molar-refractivity contribution in [1.29, 1.82) is 0 Å². The molecule has 6 nitrogen and oxygen atoms in total. The van der Waals surface area contributed by atoms with Gasteiger partial charge in [-0.3, -0.25) is 4.79 Å². The average molecular weight is 291 g/mol. The zero-order chi connectivity index (χ0) is 15.4. The predicted molar refractivity (Wildman–Crippen MR) is 77.7 cm³/mol. The summed E-state index contributed by atoms with van der Waals surface area (Å²) in [5, 5.41) is 12.3. The first-order valence-corrected chi connectivity index (χ1v) is 6.68. The Kier molecular flexibility index (Phi) is 4.59. The van der Waals surface area contributed by atoms with Crippen LogP contribution in [0.25, 0.3) is 11.0 Å². The highest BCUT2D eigenvalue weighted by Crippen LogP contribution is 2.22. The topological polar surface area (TPSA) is 88.8 Å². The van der Waals surface area contributed by atoms with Crippen molar-refractivity contribution in [2.45, 2.75) is 20.0 Å². The Hall–Kier alpha value is -2.34. The predicted octanol–water partition coefficient (Wildman–Crippen LogP) is 1.30. The van der Waals surface area contributed by atoms with Crippen molar-refractivity contribution in [1.82, 2.24) is 5.32 Å². The number of amides is 1. The fraction of sp³-hybridized carbons (Fsp3) is 0.333. The van der Waals surface area contributed by atoms with Crippen LogP contribution in [0.1, 0.15) is 24.2 Å². The Morgan fingerprint density at radius 2 is 2.19 bits per heavy atom. The molecule has 0 spiro atoms. The number of aliphatic hydroxyl groups excluding tert-OH is 1. The van der Waals surface area contributed by atoms with E-state index >= 15 is 0 Å². The van der Waals surface area contributed by atoms with Crippen LogP contribution in [-0.4, -0.2) is 30.3 Å². The second-order valence-corrected chi connectivity index (χ2v) is 4.63. The van der Waals surface area contributed by atoms with Crippen LogP contribution in [-0.2, 0) is 0 Å². The van der Waals surface area contributed by atoms with Crippen LogP contribution in [0.3, 0.4) is 0 Å². The smallest absolute Gasteiger partial charge is 0.337 e. The van der Waals surface area contributed by atoms with Gasteiger partial charge in [0.25, 0.3) is 5.91 Å². The molecule has 1 atom stereocenters. The molecule has 1 amide bonds. The van der Waals surface area contributed by atoms with Gasteiger partial charge in [0, 0.05) is 24.1 Å². The molecule has 2 N–H and O–H groups in total. The SMILES string of the molecule is CCOc1ccc2c(C(=O)NCC(C)O)cc(=O)oc2c1. The lowest BCUT2D eigenvalue weighted by molar-refractivity contribution is 0.0925. The molecule has 1 aromatic carbocycles. The van der Waals surface area contributed by atoms with Crippen LogP contribution in [0.5, 0.6) is 5.75 Å². The third kappa shape index (κ3) is 3.61. The van der Waals surface area contributed by atoms with Gasteiger partial charge in [0.05, 0.1) is 18.3 Å². The first-order valence-electron chi connectivity index (χ1n) is 6.68. The summed E-state index contributed by atoms with van der Waals surface area (Å²) in [7, 11) is 0. The van der Waals surface area contributed by atoms with Crippen LogP contribution in [0.2, 0.25) is 0 Å². The number of nitrogens with one attached hydrogen (secondary N) is 1. The maximum absolute atomic E-state index is 12.1. The average Bonchev–Trinajstić information content (AvgIpc) is 2.43. The van der Waals surface area contributed by atoms with Gasteiger partial charge in [-0.15, -0.1) is 0 Å². The minimum atomic E-state index is -0.662. The van der Waals surface area contributed by atoms with E-state index in [9.17, 15) is 14.7 Å². The standard InChI is InChI=1S/C15H17NO5/c1-3-20-10-4-5-11-12(15(19)16-8-9(2)17)7-14(18)21-13(11)6-10/h4-7,9,17H,3,8H2,1-2H3,(H,16,19). The fourth-order valence-electron chi connectivity index (χ4n) is 1.92. The van der Waals surface area contributed by atoms with E-state index in [1.807, 2.05) is 6.92 Å². The maximum atomic E-state index is 12.1. The zero-order valence-corrected chi connectivity index (χ0v) is 11.9. The molecule has 1 aromatic heterocycles. The molecule has 0 saturated heterocycles. The van der Waals surface area contributed by atoms with Gasteiger partial charge in [-0.05, 0) is 26.0 Å². The highest BCUT2D eigenvalue weighted by molar-refractivity contribution is 6.05. The van der Waals surface area contributed by atoms with Crippen LogP contribution in [0.15, 0.2) is 33.5 Å². The van der Waals surface area contributed by atoms with Gasteiger partial charge in [0.1, 0.15) is 11.3 Å². The van der Waals surface area contributed by atoms with Crippen molar-refractivity contribution in [2.24, 2.45) is 0 Å². The Bertz CT molecular complexity index is 705. The number of aliphatic hydroxyl groups is 1. The highest BCUT2D eigenvalue weighted by Gasteiger charge is 2.14. The van der Waals surface area contributed by atoms with E-state index in [-0.39, 0.29) is 17.7 Å². The van der Waals surface area contributed by atoms with Crippen LogP contribution in [0.4, 0.5) is 0 Å². The molecule has 21 heavy (non-hydrogen) atoms. The summed E-state index contributed by atoms with van der Waals surface area (Å²) in [6.45, 7) is 4.01. The monoisotopic (exact) mass is 291 g/mol. The molecule has 6 heteroatoms. The van der Waals surface area contributed by atoms with Gasteiger partial charge >= 0.3 is 5.63 Å². The van der Waals surface area contributed by atoms with E-state index < -0.39 is 17.6 Å². The summed E-state index contributed by atoms with van der Waals surface area (Å²) in [6, 6.07) is 6.09. The number of benzene rings is 1. The number of carbonyl (C=O) groups is 1. The van der Waals surface area contributed by atoms with Crippen molar-refractivity contribution < 1.29 is 19.1 Å². The van der Waals surface area contributed by atoms with Crippen LogP contribution >= 0.6 is 0 Å². The van der Waals surface area contributed by atoms with Crippen molar-refractivity contribution >= 4 is 16.9 Å². The zero-order valence-electron chi connectivity index (χ0n) is 11.9. The van der Waals surface area contributed by atoms with E-state index in [4.69, 9.17) is 9.15 Å². The van der Waals surface area contributed by atoms with Gasteiger partial charge in [0.15, 0.2) is 0 Å². The third-order valence-electron chi connectivity index (χ3n) is 2.83. The lowest BCUT2D eigenvalue weighted by Crippen LogP contribution is -2.31. The van der Waals surface area contributed by atoms with Gasteiger partial charge in [-0.2, -0.15) is 0 Å². The molecule has 0 saturated carbocycles. The third-order valence-corrected chi connectivity index (χ3v) is 2.83. The lowest BCUT2D eigenvalue weighted by atomic mass is 10.1. The van der Waals surface area contributed by atoms with E-state index in [0.717, 1.165) is 6.07 Å². The summed E-state index contributed by atoms with van der Waals surface area (Å²) in [5.41, 5.74) is -0.112. The van der Waals surface area contributed by atoms with Crippen LogP contribution < -0.4 is 15.7 Å². The highest BCUT2D eigenvalue weighted by atomic mass is 16.5. The van der Waals surface area contributed by atoms with E-state index in [1.165, 1.54) is 0 Å². The molecule has 0 aliphatic rings. The van der Waals surface area contributed by atoms with E-state index in [1.54, 1.807) is 25.1 Å². The minimum Gasteiger partial charge on any atom is -0.494 e. The Morgan fingerprint density at radius 3 is 2.86 bits per heavy atom. The van der Waals surface area contributed by atoms with Crippen molar-refractivity contribution in [3.05, 3.63) is 40.2 Å². The van der Waals surface area contributed by atoms with Crippen molar-refractivity contribution in [3.63, 3.8) is 0 Å². The normalized spacial score (nSPS) is 12.1. The summed E-state index contributed by atoms with van der Waals surface area (Å²) < 4.78 is 10.4. The van der Waals surface area contributed by atoms with Gasteiger partial charge in [-0.1, -0.05) is 0 Å². The summed E-state index contributed by atoms with van der Waals surface area (Å²) in [4.78, 5) is 23.7. The van der Waals surface area contributed by atoms with E-state index in [2.05, 4.69) is 5.32 Å².